The van der Waals surface area contributed by atoms with Crippen LogP contribution in [0.3, 0.4) is 0 Å². The Morgan fingerprint density at radius 2 is 2.39 bits per heavy atom. The molecule has 5 heteroatoms. The van der Waals surface area contributed by atoms with Crippen LogP contribution in [0.25, 0.3) is 0 Å². The summed E-state index contributed by atoms with van der Waals surface area (Å²) in [4.78, 5) is 6.53. The zero-order valence-corrected chi connectivity index (χ0v) is 10.9. The van der Waals surface area contributed by atoms with Crippen molar-refractivity contribution in [3.8, 4) is 0 Å². The highest BCUT2D eigenvalue weighted by Crippen LogP contribution is 2.28. The average molecular weight is 248 g/mol. The molecule has 0 aliphatic carbocycles. The fourth-order valence-electron chi connectivity index (χ4n) is 2.41. The van der Waals surface area contributed by atoms with E-state index >= 15 is 0 Å². The van der Waals surface area contributed by atoms with Crippen molar-refractivity contribution in [3.05, 3.63) is 23.9 Å². The van der Waals surface area contributed by atoms with E-state index in [1.807, 2.05) is 6.07 Å². The van der Waals surface area contributed by atoms with Gasteiger partial charge in [0.2, 0.25) is 0 Å². The standard InChI is InChI=1S/C13H20N4O/c1-13(18-2)6-4-8-17(9-13)12-10(11(14)15)5-3-7-16-12/h3,5,7H,4,6,8-9H2,1-2H3,(H3,14,15). The third kappa shape index (κ3) is 2.46. The minimum Gasteiger partial charge on any atom is -0.384 e. The van der Waals surface area contributed by atoms with Crippen molar-refractivity contribution in [1.82, 2.24) is 4.98 Å². The SMILES string of the molecule is COC1(C)CCCN(c2ncccc2C(=N)N)C1. The van der Waals surface area contributed by atoms with Crippen LogP contribution in [0.5, 0.6) is 0 Å². The normalized spacial score (nSPS) is 24.0. The summed E-state index contributed by atoms with van der Waals surface area (Å²) >= 11 is 0. The van der Waals surface area contributed by atoms with Crippen molar-refractivity contribution in [2.24, 2.45) is 5.73 Å². The first-order valence-corrected chi connectivity index (χ1v) is 6.15. The first kappa shape index (κ1) is 12.8. The third-order valence-corrected chi connectivity index (χ3v) is 3.53. The van der Waals surface area contributed by atoms with Crippen LogP contribution in [0.4, 0.5) is 5.82 Å². The van der Waals surface area contributed by atoms with Crippen molar-refractivity contribution in [2.75, 3.05) is 25.1 Å². The Morgan fingerprint density at radius 1 is 1.61 bits per heavy atom. The number of nitrogens with zero attached hydrogens (tertiary/aromatic N) is 2. The number of nitrogens with two attached hydrogens (primary N) is 1. The third-order valence-electron chi connectivity index (χ3n) is 3.53. The van der Waals surface area contributed by atoms with Crippen molar-refractivity contribution in [2.45, 2.75) is 25.4 Å². The van der Waals surface area contributed by atoms with Gasteiger partial charge in [0.1, 0.15) is 11.7 Å². The van der Waals surface area contributed by atoms with E-state index in [0.717, 1.165) is 31.7 Å². The van der Waals surface area contributed by atoms with E-state index in [4.69, 9.17) is 15.9 Å². The minimum atomic E-state index is -0.149. The van der Waals surface area contributed by atoms with E-state index in [1.165, 1.54) is 0 Å². The highest BCUT2D eigenvalue weighted by Gasteiger charge is 2.32. The van der Waals surface area contributed by atoms with E-state index in [0.29, 0.717) is 5.56 Å². The molecule has 18 heavy (non-hydrogen) atoms. The van der Waals surface area contributed by atoms with Gasteiger partial charge in [-0.1, -0.05) is 0 Å². The lowest BCUT2D eigenvalue weighted by atomic mass is 9.94. The molecule has 1 aliphatic heterocycles. The van der Waals surface area contributed by atoms with Crippen LogP contribution in [0.1, 0.15) is 25.3 Å². The molecule has 0 saturated carbocycles. The molecule has 1 unspecified atom stereocenters. The molecular formula is C13H20N4O. The molecule has 2 heterocycles. The van der Waals surface area contributed by atoms with Gasteiger partial charge in [0.25, 0.3) is 0 Å². The Hall–Kier alpha value is -1.62. The number of methoxy groups -OCH3 is 1. The summed E-state index contributed by atoms with van der Waals surface area (Å²) in [5.74, 6) is 0.843. The van der Waals surface area contributed by atoms with Gasteiger partial charge >= 0.3 is 0 Å². The lowest BCUT2D eigenvalue weighted by molar-refractivity contribution is -0.00482. The van der Waals surface area contributed by atoms with Gasteiger partial charge in [-0.05, 0) is 31.9 Å². The van der Waals surface area contributed by atoms with Crippen LogP contribution >= 0.6 is 0 Å². The molecule has 1 atom stereocenters. The summed E-state index contributed by atoms with van der Waals surface area (Å²) in [5, 5.41) is 7.62. The highest BCUT2D eigenvalue weighted by molar-refractivity contribution is 5.99. The second kappa shape index (κ2) is 4.94. The highest BCUT2D eigenvalue weighted by atomic mass is 16.5. The van der Waals surface area contributed by atoms with Crippen LogP contribution in [-0.4, -0.2) is 36.6 Å². The van der Waals surface area contributed by atoms with Gasteiger partial charge in [0, 0.05) is 26.4 Å². The number of rotatable bonds is 3. The maximum absolute atomic E-state index is 7.62. The van der Waals surface area contributed by atoms with Crippen molar-refractivity contribution in [1.29, 1.82) is 5.41 Å². The predicted octanol–water partition coefficient (Wildman–Crippen LogP) is 1.37. The van der Waals surface area contributed by atoms with Crippen LogP contribution in [-0.2, 0) is 4.74 Å². The molecule has 0 amide bonds. The summed E-state index contributed by atoms with van der Waals surface area (Å²) in [6, 6.07) is 3.64. The number of hydrogen-bond donors (Lipinski definition) is 2. The number of amidine groups is 1. The topological polar surface area (TPSA) is 75.2 Å². The number of nitrogens with one attached hydrogen (secondary N) is 1. The summed E-state index contributed by atoms with van der Waals surface area (Å²) in [7, 11) is 1.74. The predicted molar refractivity (Wildman–Crippen MR) is 72.1 cm³/mol. The second-order valence-corrected chi connectivity index (χ2v) is 4.97. The van der Waals surface area contributed by atoms with Crippen molar-refractivity contribution in [3.63, 3.8) is 0 Å². The van der Waals surface area contributed by atoms with Crippen LogP contribution in [0.2, 0.25) is 0 Å². The number of piperidine rings is 1. The number of anilines is 1. The molecule has 1 fully saturated rings. The molecule has 5 nitrogen and oxygen atoms in total. The van der Waals surface area contributed by atoms with E-state index in [-0.39, 0.29) is 11.4 Å². The fraction of sp³-hybridized carbons (Fsp3) is 0.538. The average Bonchev–Trinajstić information content (AvgIpc) is 2.39. The van der Waals surface area contributed by atoms with Gasteiger partial charge in [-0.3, -0.25) is 5.41 Å². The van der Waals surface area contributed by atoms with Gasteiger partial charge < -0.3 is 15.4 Å². The first-order valence-electron chi connectivity index (χ1n) is 6.15. The zero-order chi connectivity index (χ0) is 13.2. The largest absolute Gasteiger partial charge is 0.384 e. The summed E-state index contributed by atoms with van der Waals surface area (Å²) in [5.41, 5.74) is 6.15. The van der Waals surface area contributed by atoms with Crippen LogP contribution in [0.15, 0.2) is 18.3 Å². The fourth-order valence-corrected chi connectivity index (χ4v) is 2.41. The Balaban J connectivity index is 2.29. The summed E-state index contributed by atoms with van der Waals surface area (Å²) in [6.07, 6.45) is 3.83. The second-order valence-electron chi connectivity index (χ2n) is 4.97. The Labute approximate surface area is 107 Å². The monoisotopic (exact) mass is 248 g/mol. The molecule has 1 aromatic heterocycles. The van der Waals surface area contributed by atoms with E-state index in [1.54, 1.807) is 19.4 Å². The molecule has 1 aromatic rings. The zero-order valence-electron chi connectivity index (χ0n) is 10.9. The quantitative estimate of drug-likeness (QED) is 0.626. The van der Waals surface area contributed by atoms with Crippen LogP contribution < -0.4 is 10.6 Å². The summed E-state index contributed by atoms with van der Waals surface area (Å²) < 4.78 is 5.58. The molecule has 1 saturated heterocycles. The molecule has 2 rings (SSSR count). The molecule has 0 spiro atoms. The lowest BCUT2D eigenvalue weighted by Crippen LogP contribution is -2.48. The Morgan fingerprint density at radius 3 is 3.06 bits per heavy atom. The van der Waals surface area contributed by atoms with Gasteiger partial charge in [-0.25, -0.2) is 4.98 Å². The van der Waals surface area contributed by atoms with Gasteiger partial charge in [-0.15, -0.1) is 0 Å². The Kier molecular flexibility index (Phi) is 3.52. The first-order chi connectivity index (χ1) is 8.56. The van der Waals surface area contributed by atoms with Crippen LogP contribution in [0, 0.1) is 5.41 Å². The van der Waals surface area contributed by atoms with Crippen molar-refractivity contribution >= 4 is 11.7 Å². The van der Waals surface area contributed by atoms with Crippen molar-refractivity contribution < 1.29 is 4.74 Å². The maximum atomic E-state index is 7.62. The smallest absolute Gasteiger partial charge is 0.139 e. The molecule has 0 radical (unpaired) electrons. The molecular weight excluding hydrogens is 228 g/mol. The van der Waals surface area contributed by atoms with E-state index < -0.39 is 0 Å². The molecule has 3 N–H and O–H groups in total. The molecule has 1 aliphatic rings. The number of hydrogen-bond acceptors (Lipinski definition) is 4. The minimum absolute atomic E-state index is 0.0581. The molecule has 0 aromatic carbocycles. The van der Waals surface area contributed by atoms with Gasteiger partial charge in [0.05, 0.1) is 11.2 Å². The van der Waals surface area contributed by atoms with Gasteiger partial charge in [-0.2, -0.15) is 0 Å². The molecule has 0 bridgehead atoms. The number of ether oxygens (including phenoxy) is 1. The maximum Gasteiger partial charge on any atom is 0.139 e. The lowest BCUT2D eigenvalue weighted by Gasteiger charge is -2.40. The molecule has 98 valence electrons. The number of pyridine rings is 1. The number of nitrogen functional groups attached to an aromatic ring is 1. The number of aromatic nitrogens is 1. The van der Waals surface area contributed by atoms with E-state index in [2.05, 4.69) is 16.8 Å². The van der Waals surface area contributed by atoms with Gasteiger partial charge in [0.15, 0.2) is 0 Å². The van der Waals surface area contributed by atoms with E-state index in [9.17, 15) is 0 Å². The Bertz CT molecular complexity index is 448. The summed E-state index contributed by atoms with van der Waals surface area (Å²) in [6.45, 7) is 3.81.